The van der Waals surface area contributed by atoms with Crippen LogP contribution in [0.1, 0.15) is 0 Å². The Balaban J connectivity index is 2.21. The molecule has 27 heavy (non-hydrogen) atoms. The van der Waals surface area contributed by atoms with Gasteiger partial charge in [0, 0.05) is 7.05 Å². The molecule has 0 heterocycles. The Hall–Kier alpha value is -2.78. The van der Waals surface area contributed by atoms with Gasteiger partial charge < -0.3 is 20.4 Å². The summed E-state index contributed by atoms with van der Waals surface area (Å²) in [6.45, 7) is -0.696. The number of hydrogen-bond donors (Lipinski definition) is 5. The Morgan fingerprint density at radius 2 is 1.63 bits per heavy atom. The van der Waals surface area contributed by atoms with Gasteiger partial charge in [0.05, 0.1) is 24.2 Å². The minimum atomic E-state index is -1.63. The van der Waals surface area contributed by atoms with Gasteiger partial charge in [0.1, 0.15) is 24.0 Å². The maximum absolute atomic E-state index is 10.3. The fourth-order valence-corrected chi connectivity index (χ4v) is 2.16. The number of aliphatic hydroxyl groups excluding tert-OH is 4. The highest BCUT2D eigenvalue weighted by Gasteiger charge is 2.28. The third-order valence-corrected chi connectivity index (χ3v) is 3.79. The number of nitrogens with one attached hydrogen (secondary N) is 1. The molecule has 0 bridgehead atoms. The topological polar surface area (TPSA) is 121 Å². The Labute approximate surface area is 157 Å². The van der Waals surface area contributed by atoms with Gasteiger partial charge in [-0.3, -0.25) is 10.4 Å². The molecule has 5 N–H and O–H groups in total. The van der Waals surface area contributed by atoms with E-state index < -0.39 is 24.9 Å². The second-order valence-electron chi connectivity index (χ2n) is 5.80. The minimum Gasteiger partial charge on any atom is -0.394 e. The molecule has 2 rings (SSSR count). The first-order valence-electron chi connectivity index (χ1n) is 8.39. The summed E-state index contributed by atoms with van der Waals surface area (Å²) in [7, 11) is 1.72. The second kappa shape index (κ2) is 10.4. The molecule has 0 aliphatic rings. The van der Waals surface area contributed by atoms with Gasteiger partial charge in [-0.2, -0.15) is 10.2 Å². The molecule has 0 amide bonds. The molecule has 0 saturated carbocycles. The van der Waals surface area contributed by atoms with E-state index in [0.29, 0.717) is 5.69 Å². The summed E-state index contributed by atoms with van der Waals surface area (Å²) in [5.41, 5.74) is 4.24. The van der Waals surface area contributed by atoms with Crippen molar-refractivity contribution in [3.63, 3.8) is 0 Å². The van der Waals surface area contributed by atoms with Gasteiger partial charge in [-0.25, -0.2) is 0 Å². The molecule has 0 saturated heterocycles. The zero-order chi connectivity index (χ0) is 19.6. The lowest BCUT2D eigenvalue weighted by Crippen LogP contribution is -2.44. The average molecular weight is 372 g/mol. The van der Waals surface area contributed by atoms with Gasteiger partial charge in [-0.1, -0.05) is 36.4 Å². The van der Waals surface area contributed by atoms with Crippen molar-refractivity contribution in [3.8, 4) is 0 Å². The van der Waals surface area contributed by atoms with Gasteiger partial charge in [0.25, 0.3) is 0 Å². The predicted octanol–water partition coefficient (Wildman–Crippen LogP) is 0.652. The molecular weight excluding hydrogens is 348 g/mol. The first kappa shape index (κ1) is 20.5. The molecular formula is C19H24N4O4. The number of anilines is 2. The molecule has 2 aromatic rings. The number of hydrogen-bond acceptors (Lipinski definition) is 8. The van der Waals surface area contributed by atoms with E-state index in [4.69, 9.17) is 5.11 Å². The van der Waals surface area contributed by atoms with E-state index in [1.165, 1.54) is 6.21 Å². The highest BCUT2D eigenvalue weighted by molar-refractivity contribution is 6.33. The maximum Gasteiger partial charge on any atom is 0.128 e. The van der Waals surface area contributed by atoms with Crippen molar-refractivity contribution in [1.29, 1.82) is 0 Å². The van der Waals surface area contributed by atoms with E-state index in [1.54, 1.807) is 24.2 Å². The van der Waals surface area contributed by atoms with Gasteiger partial charge in [-0.05, 0) is 24.3 Å². The second-order valence-corrected chi connectivity index (χ2v) is 5.80. The number of hydrazone groups is 2. The molecule has 0 aliphatic heterocycles. The maximum atomic E-state index is 10.3. The largest absolute Gasteiger partial charge is 0.394 e. The molecule has 0 radical (unpaired) electrons. The lowest BCUT2D eigenvalue weighted by molar-refractivity contribution is -0.0548. The van der Waals surface area contributed by atoms with Crippen LogP contribution in [-0.4, -0.2) is 64.3 Å². The first-order valence-corrected chi connectivity index (χ1v) is 8.39. The summed E-state index contributed by atoms with van der Waals surface area (Å²) >= 11 is 0. The van der Waals surface area contributed by atoms with Crippen LogP contribution < -0.4 is 10.4 Å². The lowest BCUT2D eigenvalue weighted by atomic mass is 10.0. The smallest absolute Gasteiger partial charge is 0.128 e. The summed E-state index contributed by atoms with van der Waals surface area (Å²) in [5, 5.41) is 48.8. The zero-order valence-corrected chi connectivity index (χ0v) is 14.9. The fourth-order valence-electron chi connectivity index (χ4n) is 2.16. The van der Waals surface area contributed by atoms with Crippen molar-refractivity contribution >= 4 is 23.3 Å². The van der Waals surface area contributed by atoms with E-state index in [1.807, 2.05) is 48.5 Å². The summed E-state index contributed by atoms with van der Waals surface area (Å²) in [5.74, 6) is 0. The number of rotatable bonds is 9. The van der Waals surface area contributed by atoms with Crippen LogP contribution in [0.3, 0.4) is 0 Å². The van der Waals surface area contributed by atoms with E-state index in [9.17, 15) is 15.3 Å². The summed E-state index contributed by atoms with van der Waals surface area (Å²) in [6.07, 6.45) is -3.42. The van der Waals surface area contributed by atoms with Crippen molar-refractivity contribution in [2.24, 2.45) is 10.2 Å². The molecule has 3 atom stereocenters. The summed E-state index contributed by atoms with van der Waals surface area (Å²) in [6, 6.07) is 18.4. The standard InChI is InChI=1S/C19H24N4O4/c1-23(15-10-6-3-7-11-15)20-12-16(18(26)19(27)17(25)13-24)22-21-14-8-4-2-5-9-14/h2-12,17-19,21,24-27H,13H2,1H3/b20-12-,22-16-/t17-,18-,19+/m0/s1. The summed E-state index contributed by atoms with van der Waals surface area (Å²) < 4.78 is 0. The minimum absolute atomic E-state index is 0.0124. The first-order chi connectivity index (χ1) is 13.0. The van der Waals surface area contributed by atoms with Crippen molar-refractivity contribution in [2.75, 3.05) is 24.1 Å². The van der Waals surface area contributed by atoms with Crippen molar-refractivity contribution in [1.82, 2.24) is 0 Å². The molecule has 144 valence electrons. The number of aliphatic hydroxyl groups is 4. The highest BCUT2D eigenvalue weighted by atomic mass is 16.4. The third-order valence-electron chi connectivity index (χ3n) is 3.79. The van der Waals surface area contributed by atoms with Crippen molar-refractivity contribution in [3.05, 3.63) is 60.7 Å². The SMILES string of the molecule is CN(/N=C\C(=N\Nc1ccccc1)[C@H](O)[C@H](O)[C@@H](O)CO)c1ccccc1. The van der Waals surface area contributed by atoms with E-state index in [2.05, 4.69) is 15.6 Å². The number of nitrogens with zero attached hydrogens (tertiary/aromatic N) is 3. The molecule has 0 aromatic heterocycles. The number of para-hydroxylation sites is 2. The van der Waals surface area contributed by atoms with Crippen LogP contribution in [0.15, 0.2) is 70.9 Å². The van der Waals surface area contributed by atoms with Gasteiger partial charge >= 0.3 is 0 Å². The summed E-state index contributed by atoms with van der Waals surface area (Å²) in [4.78, 5) is 0. The normalized spacial score (nSPS) is 15.4. The van der Waals surface area contributed by atoms with Gasteiger partial charge in [0.15, 0.2) is 0 Å². The molecule has 0 unspecified atom stereocenters. The molecule has 0 aliphatic carbocycles. The highest BCUT2D eigenvalue weighted by Crippen LogP contribution is 2.11. The third kappa shape index (κ3) is 6.15. The van der Waals surface area contributed by atoms with Crippen LogP contribution in [-0.2, 0) is 0 Å². The van der Waals surface area contributed by atoms with Gasteiger partial charge in [-0.15, -0.1) is 0 Å². The van der Waals surface area contributed by atoms with Crippen LogP contribution in [0.4, 0.5) is 11.4 Å². The van der Waals surface area contributed by atoms with Crippen molar-refractivity contribution < 1.29 is 20.4 Å². The molecule has 0 fully saturated rings. The van der Waals surface area contributed by atoms with E-state index >= 15 is 0 Å². The zero-order valence-electron chi connectivity index (χ0n) is 14.9. The average Bonchev–Trinajstić information content (AvgIpc) is 2.73. The monoisotopic (exact) mass is 372 g/mol. The van der Waals surface area contributed by atoms with Crippen LogP contribution in [0, 0.1) is 0 Å². The van der Waals surface area contributed by atoms with Crippen LogP contribution in [0.5, 0.6) is 0 Å². The molecule has 0 spiro atoms. The number of benzene rings is 2. The van der Waals surface area contributed by atoms with Gasteiger partial charge in [0.2, 0.25) is 0 Å². The Morgan fingerprint density at radius 3 is 2.22 bits per heavy atom. The molecule has 2 aromatic carbocycles. The fraction of sp³-hybridized carbons (Fsp3) is 0.263. The van der Waals surface area contributed by atoms with E-state index in [-0.39, 0.29) is 5.71 Å². The lowest BCUT2D eigenvalue weighted by Gasteiger charge is -2.21. The van der Waals surface area contributed by atoms with Crippen molar-refractivity contribution in [2.45, 2.75) is 18.3 Å². The van der Waals surface area contributed by atoms with Crippen LogP contribution in [0.2, 0.25) is 0 Å². The Kier molecular flexibility index (Phi) is 7.90. The molecule has 8 nitrogen and oxygen atoms in total. The predicted molar refractivity (Wildman–Crippen MR) is 106 cm³/mol. The quantitative estimate of drug-likeness (QED) is 0.326. The Bertz CT molecular complexity index is 740. The van der Waals surface area contributed by atoms with Crippen LogP contribution in [0.25, 0.3) is 0 Å². The molecule has 8 heteroatoms. The Morgan fingerprint density at radius 1 is 1.04 bits per heavy atom. The van der Waals surface area contributed by atoms with Crippen LogP contribution >= 0.6 is 0 Å². The van der Waals surface area contributed by atoms with E-state index in [0.717, 1.165) is 5.69 Å².